The standard InChI is InChI=1S/C19H28N4O3S/c1-4-15(3)16-6-8-17(9-7-16)27(24,25)23-12-10-22(11-13-23)14-18-20-19(5-2)26-21-18/h6-9,15H,4-5,10-14H2,1-3H3. The number of rotatable bonds is 7. The van der Waals surface area contributed by atoms with Gasteiger partial charge in [-0.05, 0) is 30.0 Å². The minimum atomic E-state index is -3.45. The van der Waals surface area contributed by atoms with Crippen LogP contribution < -0.4 is 0 Å². The van der Waals surface area contributed by atoms with E-state index < -0.39 is 10.0 Å². The smallest absolute Gasteiger partial charge is 0.243 e. The van der Waals surface area contributed by atoms with Crippen molar-refractivity contribution in [3.05, 3.63) is 41.5 Å². The lowest BCUT2D eigenvalue weighted by Gasteiger charge is -2.33. The SMILES string of the molecule is CCc1nc(CN2CCN(S(=O)(=O)c3ccc(C(C)CC)cc3)CC2)no1. The van der Waals surface area contributed by atoms with Gasteiger partial charge in [0, 0.05) is 32.6 Å². The second kappa shape index (κ2) is 8.50. The highest BCUT2D eigenvalue weighted by molar-refractivity contribution is 7.89. The van der Waals surface area contributed by atoms with E-state index in [9.17, 15) is 8.42 Å². The average molecular weight is 393 g/mol. The fourth-order valence-electron chi connectivity index (χ4n) is 3.18. The van der Waals surface area contributed by atoms with Gasteiger partial charge in [-0.1, -0.05) is 38.1 Å². The molecule has 0 radical (unpaired) electrons. The lowest BCUT2D eigenvalue weighted by molar-refractivity contribution is 0.176. The maximum atomic E-state index is 12.9. The van der Waals surface area contributed by atoms with Gasteiger partial charge in [0.15, 0.2) is 5.82 Å². The molecule has 3 rings (SSSR count). The number of hydrogen-bond acceptors (Lipinski definition) is 6. The van der Waals surface area contributed by atoms with Crippen LogP contribution in [0, 0.1) is 0 Å². The van der Waals surface area contributed by atoms with Crippen molar-refractivity contribution in [2.24, 2.45) is 0 Å². The second-order valence-electron chi connectivity index (χ2n) is 7.02. The summed E-state index contributed by atoms with van der Waals surface area (Å²) in [6, 6.07) is 7.32. The van der Waals surface area contributed by atoms with Gasteiger partial charge >= 0.3 is 0 Å². The number of benzene rings is 1. The molecule has 0 saturated carbocycles. The molecular weight excluding hydrogens is 364 g/mol. The second-order valence-corrected chi connectivity index (χ2v) is 8.95. The van der Waals surface area contributed by atoms with E-state index in [2.05, 4.69) is 28.9 Å². The van der Waals surface area contributed by atoms with Crippen molar-refractivity contribution in [2.75, 3.05) is 26.2 Å². The van der Waals surface area contributed by atoms with E-state index in [0.29, 0.717) is 55.3 Å². The van der Waals surface area contributed by atoms with Crippen molar-refractivity contribution in [1.29, 1.82) is 0 Å². The van der Waals surface area contributed by atoms with E-state index in [1.165, 1.54) is 5.56 Å². The first-order valence-electron chi connectivity index (χ1n) is 9.58. The van der Waals surface area contributed by atoms with Crippen LogP contribution in [0.5, 0.6) is 0 Å². The van der Waals surface area contributed by atoms with Crippen molar-refractivity contribution >= 4 is 10.0 Å². The van der Waals surface area contributed by atoms with Crippen molar-refractivity contribution in [2.45, 2.75) is 51.0 Å². The van der Waals surface area contributed by atoms with E-state index in [4.69, 9.17) is 4.52 Å². The molecular formula is C19H28N4O3S. The van der Waals surface area contributed by atoms with E-state index in [1.807, 2.05) is 19.1 Å². The topological polar surface area (TPSA) is 79.5 Å². The fraction of sp³-hybridized carbons (Fsp3) is 0.579. The lowest BCUT2D eigenvalue weighted by Crippen LogP contribution is -2.48. The van der Waals surface area contributed by atoms with Crippen molar-refractivity contribution in [3.8, 4) is 0 Å². The Morgan fingerprint density at radius 1 is 1.11 bits per heavy atom. The monoisotopic (exact) mass is 392 g/mol. The van der Waals surface area contributed by atoms with Crippen LogP contribution in [-0.2, 0) is 23.0 Å². The Kier molecular flexibility index (Phi) is 6.29. The zero-order valence-corrected chi connectivity index (χ0v) is 17.1. The molecule has 1 aromatic carbocycles. The van der Waals surface area contributed by atoms with Gasteiger partial charge in [-0.25, -0.2) is 8.42 Å². The molecule has 1 saturated heterocycles. The molecule has 2 aromatic rings. The third-order valence-corrected chi connectivity index (χ3v) is 7.12. The number of hydrogen-bond donors (Lipinski definition) is 0. The minimum Gasteiger partial charge on any atom is -0.339 e. The Balaban J connectivity index is 1.60. The van der Waals surface area contributed by atoms with Gasteiger partial charge in [0.2, 0.25) is 15.9 Å². The van der Waals surface area contributed by atoms with E-state index >= 15 is 0 Å². The quantitative estimate of drug-likeness (QED) is 0.721. The van der Waals surface area contributed by atoms with Crippen molar-refractivity contribution < 1.29 is 12.9 Å². The van der Waals surface area contributed by atoms with Crippen molar-refractivity contribution in [3.63, 3.8) is 0 Å². The summed E-state index contributed by atoms with van der Waals surface area (Å²) in [5.74, 6) is 1.72. The van der Waals surface area contributed by atoms with Gasteiger partial charge in [-0.2, -0.15) is 9.29 Å². The first kappa shape index (κ1) is 20.0. The summed E-state index contributed by atoms with van der Waals surface area (Å²) in [5.41, 5.74) is 1.17. The summed E-state index contributed by atoms with van der Waals surface area (Å²) in [7, 11) is -3.45. The zero-order valence-electron chi connectivity index (χ0n) is 16.3. The predicted octanol–water partition coefficient (Wildman–Crippen LogP) is 2.65. The Labute approximate surface area is 161 Å². The molecule has 148 valence electrons. The Bertz CT molecular complexity index is 840. The van der Waals surface area contributed by atoms with Crippen LogP contribution in [0.4, 0.5) is 0 Å². The van der Waals surface area contributed by atoms with Gasteiger partial charge in [0.25, 0.3) is 0 Å². The molecule has 0 aliphatic carbocycles. The van der Waals surface area contributed by atoms with Crippen LogP contribution in [0.3, 0.4) is 0 Å². The highest BCUT2D eigenvalue weighted by atomic mass is 32.2. The van der Waals surface area contributed by atoms with Gasteiger partial charge in [0.05, 0.1) is 11.4 Å². The molecule has 1 unspecified atom stereocenters. The normalized spacial score (nSPS) is 17.9. The van der Waals surface area contributed by atoms with Gasteiger partial charge in [-0.3, -0.25) is 4.90 Å². The molecule has 1 aliphatic rings. The number of aromatic nitrogens is 2. The molecule has 7 nitrogen and oxygen atoms in total. The van der Waals surface area contributed by atoms with Crippen LogP contribution in [0.25, 0.3) is 0 Å². The van der Waals surface area contributed by atoms with Gasteiger partial charge < -0.3 is 4.52 Å². The molecule has 0 amide bonds. The molecule has 1 fully saturated rings. The Morgan fingerprint density at radius 2 is 1.78 bits per heavy atom. The highest BCUT2D eigenvalue weighted by Crippen LogP contribution is 2.23. The summed E-state index contributed by atoms with van der Waals surface area (Å²) in [4.78, 5) is 6.84. The molecule has 27 heavy (non-hydrogen) atoms. The van der Waals surface area contributed by atoms with Crippen LogP contribution in [0.1, 0.15) is 50.4 Å². The molecule has 1 atom stereocenters. The Morgan fingerprint density at radius 3 is 2.33 bits per heavy atom. The van der Waals surface area contributed by atoms with Crippen LogP contribution >= 0.6 is 0 Å². The number of piperazine rings is 1. The largest absolute Gasteiger partial charge is 0.339 e. The van der Waals surface area contributed by atoms with E-state index in [0.717, 1.165) is 12.8 Å². The molecule has 2 heterocycles. The van der Waals surface area contributed by atoms with E-state index in [-0.39, 0.29) is 0 Å². The van der Waals surface area contributed by atoms with Crippen molar-refractivity contribution in [1.82, 2.24) is 19.3 Å². The van der Waals surface area contributed by atoms with E-state index in [1.54, 1.807) is 16.4 Å². The third-order valence-electron chi connectivity index (χ3n) is 5.21. The van der Waals surface area contributed by atoms with Crippen LogP contribution in [0.15, 0.2) is 33.7 Å². The molecule has 0 spiro atoms. The molecule has 1 aliphatic heterocycles. The predicted molar refractivity (Wildman–Crippen MR) is 103 cm³/mol. The maximum absolute atomic E-state index is 12.9. The molecule has 0 bridgehead atoms. The molecule has 1 aromatic heterocycles. The maximum Gasteiger partial charge on any atom is 0.243 e. The highest BCUT2D eigenvalue weighted by Gasteiger charge is 2.29. The summed E-state index contributed by atoms with van der Waals surface area (Å²) in [6.07, 6.45) is 1.75. The zero-order chi connectivity index (χ0) is 19.4. The van der Waals surface area contributed by atoms with Crippen LogP contribution in [-0.4, -0.2) is 53.9 Å². The van der Waals surface area contributed by atoms with Gasteiger partial charge in [-0.15, -0.1) is 0 Å². The molecule has 8 heteroatoms. The summed E-state index contributed by atoms with van der Waals surface area (Å²) >= 11 is 0. The fourth-order valence-corrected chi connectivity index (χ4v) is 4.60. The number of sulfonamides is 1. The first-order valence-corrected chi connectivity index (χ1v) is 11.0. The summed E-state index contributed by atoms with van der Waals surface area (Å²) in [6.45, 7) is 9.07. The first-order chi connectivity index (χ1) is 12.9. The summed E-state index contributed by atoms with van der Waals surface area (Å²) in [5, 5.41) is 3.97. The number of nitrogens with zero attached hydrogens (tertiary/aromatic N) is 4. The average Bonchev–Trinajstić information content (AvgIpc) is 3.15. The van der Waals surface area contributed by atoms with Gasteiger partial charge in [0.1, 0.15) is 0 Å². The van der Waals surface area contributed by atoms with Crippen LogP contribution in [0.2, 0.25) is 0 Å². The number of aryl methyl sites for hydroxylation is 1. The molecule has 0 N–H and O–H groups in total. The minimum absolute atomic E-state index is 0.369. The summed E-state index contributed by atoms with van der Waals surface area (Å²) < 4.78 is 32.5. The lowest BCUT2D eigenvalue weighted by atomic mass is 9.99. The third kappa shape index (κ3) is 4.56. The Hall–Kier alpha value is -1.77.